The molecule has 0 rings (SSSR count). The minimum Gasteiger partial charge on any atom is -0.811 e. The Morgan fingerprint density at radius 3 is 0.760 bits per heavy atom. The second-order valence-corrected chi connectivity index (χ2v) is 11.5. The molecule has 0 radical (unpaired) electrons. The molecule has 0 saturated heterocycles. The van der Waals surface area contributed by atoms with Crippen molar-refractivity contribution >= 4 is 30.7 Å². The Kier molecular flexibility index (Phi) is 47.2. The van der Waals surface area contributed by atoms with Gasteiger partial charge in [-0.1, -0.05) is 22.8 Å². The summed E-state index contributed by atoms with van der Waals surface area (Å²) in [4.78, 5) is 62.8. The molecule has 0 atom stereocenters. The molecule has 25 heavy (non-hydrogen) atoms. The summed E-state index contributed by atoms with van der Waals surface area (Å²) in [5.41, 5.74) is 0. The van der Waals surface area contributed by atoms with E-state index >= 15 is 0 Å². The van der Waals surface area contributed by atoms with Gasteiger partial charge in [-0.25, -0.2) is 0 Å². The second kappa shape index (κ2) is 24.0. The molecular formula is C6H12Na6O9P4. The van der Waals surface area contributed by atoms with Crippen LogP contribution >= 0.6 is 30.7 Å². The zero-order valence-electron chi connectivity index (χ0n) is 15.7. The summed E-state index contributed by atoms with van der Waals surface area (Å²) in [6.45, 7) is 0. The predicted octanol–water partition coefficient (Wildman–Crippen LogP) is -21.8. The quantitative estimate of drug-likeness (QED) is 0.223. The zero-order chi connectivity index (χ0) is 15.3. The van der Waals surface area contributed by atoms with E-state index in [0.717, 1.165) is 0 Å². The zero-order valence-corrected chi connectivity index (χ0v) is 31.3. The van der Waals surface area contributed by atoms with E-state index < -0.39 is 49.2 Å². The van der Waals surface area contributed by atoms with Crippen molar-refractivity contribution in [3.8, 4) is 0 Å². The van der Waals surface area contributed by atoms with Gasteiger partial charge in [0.05, 0.1) is 0 Å². The SMILES string of the molecule is O=P([O-])([O-])CCP(CCP(=O)([O-])[O-])CCP(=O)([O-])[O-].[Na+].[Na+].[Na+].[Na+].[Na+].[Na+]. The average Bonchev–Trinajstić information content (AvgIpc) is 2.11. The van der Waals surface area contributed by atoms with Crippen molar-refractivity contribution in [2.24, 2.45) is 0 Å². The number of rotatable bonds is 9. The monoisotopic (exact) mass is 490 g/mol. The topological polar surface area (TPSA) is 190 Å². The van der Waals surface area contributed by atoms with Gasteiger partial charge in [-0.15, -0.1) is 7.92 Å². The van der Waals surface area contributed by atoms with Gasteiger partial charge in [0.2, 0.25) is 0 Å². The maximum absolute atomic E-state index is 10.5. The van der Waals surface area contributed by atoms with Crippen molar-refractivity contribution < 1.29 is 220 Å². The smallest absolute Gasteiger partial charge is 0.811 e. The molecule has 0 aliphatic heterocycles. The van der Waals surface area contributed by atoms with Crippen molar-refractivity contribution in [2.75, 3.05) is 37.0 Å². The van der Waals surface area contributed by atoms with E-state index in [1.54, 1.807) is 0 Å². The minimum atomic E-state index is -4.78. The molecule has 9 nitrogen and oxygen atoms in total. The van der Waals surface area contributed by atoms with Gasteiger partial charge in [0.25, 0.3) is 0 Å². The van der Waals surface area contributed by atoms with E-state index in [4.69, 9.17) is 0 Å². The van der Waals surface area contributed by atoms with Crippen molar-refractivity contribution in [3.63, 3.8) is 0 Å². The molecule has 0 aromatic heterocycles. The van der Waals surface area contributed by atoms with E-state index in [0.29, 0.717) is 0 Å². The van der Waals surface area contributed by atoms with Gasteiger partial charge in [-0.2, -0.15) is 0 Å². The van der Waals surface area contributed by atoms with Crippen LogP contribution in [0.1, 0.15) is 0 Å². The Labute approximate surface area is 282 Å². The average molecular weight is 490 g/mol. The van der Waals surface area contributed by atoms with Crippen LogP contribution < -0.4 is 207 Å². The first kappa shape index (κ1) is 49.1. The molecule has 0 N–H and O–H groups in total. The molecule has 0 heterocycles. The Hall–Kier alpha value is 6.88. The largest absolute Gasteiger partial charge is 1.00 e. The molecule has 0 aromatic rings. The van der Waals surface area contributed by atoms with Crippen molar-refractivity contribution in [2.45, 2.75) is 0 Å². The summed E-state index contributed by atoms with van der Waals surface area (Å²) >= 11 is 0. The Bertz CT molecular complexity index is 363. The maximum Gasteiger partial charge on any atom is 1.00 e. The van der Waals surface area contributed by atoms with Gasteiger partial charge in [0, 0.05) is 0 Å². The second-order valence-electron chi connectivity index (χ2n) is 3.85. The molecule has 0 aliphatic carbocycles. The van der Waals surface area contributed by atoms with Gasteiger partial charge in [0.1, 0.15) is 0 Å². The van der Waals surface area contributed by atoms with Gasteiger partial charge < -0.3 is 43.1 Å². The van der Waals surface area contributed by atoms with E-state index in [-0.39, 0.29) is 196 Å². The third kappa shape index (κ3) is 41.6. The van der Waals surface area contributed by atoms with Crippen LogP contribution in [-0.2, 0) is 13.7 Å². The first-order chi connectivity index (χ1) is 8.29. The van der Waals surface area contributed by atoms with Crippen LogP contribution in [0.2, 0.25) is 0 Å². The van der Waals surface area contributed by atoms with Crippen molar-refractivity contribution in [1.29, 1.82) is 0 Å². The van der Waals surface area contributed by atoms with E-state index in [1.165, 1.54) is 0 Å². The molecular weight excluding hydrogens is 478 g/mol. The Morgan fingerprint density at radius 1 is 0.480 bits per heavy atom. The fourth-order valence-electron chi connectivity index (χ4n) is 1.13. The van der Waals surface area contributed by atoms with Gasteiger partial charge in [-0.3, -0.25) is 0 Å². The molecule has 116 valence electrons. The molecule has 0 bridgehead atoms. The summed E-state index contributed by atoms with van der Waals surface area (Å²) in [6, 6.07) is 0. The number of hydrogen-bond acceptors (Lipinski definition) is 9. The Balaban J connectivity index is -0.000000108. The van der Waals surface area contributed by atoms with Crippen LogP contribution in [0, 0.1) is 0 Å². The normalized spacial score (nSPS) is 10.7. The summed E-state index contributed by atoms with van der Waals surface area (Å²) in [5.74, 6) is 0. The van der Waals surface area contributed by atoms with E-state index in [2.05, 4.69) is 0 Å². The van der Waals surface area contributed by atoms with E-state index in [9.17, 15) is 43.1 Å². The van der Waals surface area contributed by atoms with Crippen LogP contribution in [0.3, 0.4) is 0 Å². The summed E-state index contributed by atoms with van der Waals surface area (Å²) in [7, 11) is -15.8. The first-order valence-corrected chi connectivity index (χ1v) is 12.1. The Morgan fingerprint density at radius 2 is 0.640 bits per heavy atom. The maximum atomic E-state index is 10.5. The third-order valence-corrected chi connectivity index (χ3v) is 8.01. The van der Waals surface area contributed by atoms with Crippen LogP contribution in [0.15, 0.2) is 0 Å². The molecule has 0 aromatic carbocycles. The summed E-state index contributed by atoms with van der Waals surface area (Å²) < 4.78 is 31.4. The fraction of sp³-hybridized carbons (Fsp3) is 1.00. The molecule has 0 unspecified atom stereocenters. The van der Waals surface area contributed by atoms with Crippen LogP contribution in [0.25, 0.3) is 0 Å². The van der Waals surface area contributed by atoms with Crippen LogP contribution in [0.4, 0.5) is 0 Å². The van der Waals surface area contributed by atoms with Crippen molar-refractivity contribution in [3.05, 3.63) is 0 Å². The minimum absolute atomic E-state index is 0. The van der Waals surface area contributed by atoms with Gasteiger partial charge in [0.15, 0.2) is 0 Å². The number of hydrogen-bond donors (Lipinski definition) is 0. The molecule has 0 saturated carbocycles. The molecule has 0 aliphatic rings. The van der Waals surface area contributed by atoms with Crippen LogP contribution in [-0.4, -0.2) is 37.0 Å². The first-order valence-electron chi connectivity index (χ1n) is 5.04. The standard InChI is InChI=1S/C6H18O9P4.6Na/c7-17(8,9)4-1-16(2-5-18(10,11)12)3-6-19(13,14)15;;;;;;/h1-6H2,(H2,7,8,9)(H2,10,11,12)(H2,13,14,15);;;;;;/q;6*+1/p-6. The summed E-state index contributed by atoms with van der Waals surface area (Å²) in [5, 5.41) is 0. The molecule has 0 fully saturated rings. The third-order valence-electron chi connectivity index (χ3n) is 2.07. The van der Waals surface area contributed by atoms with E-state index in [1.807, 2.05) is 0 Å². The van der Waals surface area contributed by atoms with Crippen molar-refractivity contribution in [1.82, 2.24) is 0 Å². The summed E-state index contributed by atoms with van der Waals surface area (Å²) in [6.07, 6.45) is -2.87. The van der Waals surface area contributed by atoms with Gasteiger partial charge >= 0.3 is 177 Å². The van der Waals surface area contributed by atoms with Crippen LogP contribution in [0.5, 0.6) is 0 Å². The van der Waals surface area contributed by atoms with Gasteiger partial charge in [-0.05, 0) is 37.0 Å². The fourth-order valence-corrected chi connectivity index (χ4v) is 8.13. The molecule has 19 heteroatoms. The predicted molar refractivity (Wildman–Crippen MR) is 58.9 cm³/mol. The molecule has 0 amide bonds. The molecule has 0 spiro atoms.